The number of thiazole rings is 1. The minimum atomic E-state index is -0.641. The maximum atomic E-state index is 14.2. The number of likely N-dealkylation sites (tertiary alicyclic amines) is 1. The maximum Gasteiger partial charge on any atom is 0.190 e. The van der Waals surface area contributed by atoms with Gasteiger partial charge in [-0.3, -0.25) is 4.90 Å². The smallest absolute Gasteiger partial charge is 0.190 e. The molecule has 1 unspecified atom stereocenters. The van der Waals surface area contributed by atoms with Crippen molar-refractivity contribution in [2.75, 3.05) is 44.4 Å². The maximum absolute atomic E-state index is 14.2. The van der Waals surface area contributed by atoms with Gasteiger partial charge in [0.15, 0.2) is 5.13 Å². The van der Waals surface area contributed by atoms with E-state index in [4.69, 9.17) is 0 Å². The fourth-order valence-corrected chi connectivity index (χ4v) is 5.10. The van der Waals surface area contributed by atoms with Crippen LogP contribution in [0.25, 0.3) is 10.3 Å². The molecule has 1 aromatic carbocycles. The third-order valence-electron chi connectivity index (χ3n) is 6.30. The normalized spacial score (nSPS) is 16.3. The zero-order valence-corrected chi connectivity index (χ0v) is 20.7. The van der Waals surface area contributed by atoms with Gasteiger partial charge in [0.2, 0.25) is 0 Å². The van der Waals surface area contributed by atoms with Crippen LogP contribution >= 0.6 is 11.3 Å². The van der Waals surface area contributed by atoms with E-state index < -0.39 is 11.6 Å². The molecule has 0 saturated carbocycles. The van der Waals surface area contributed by atoms with Crippen LogP contribution in [0.2, 0.25) is 0 Å². The number of pyridine rings is 2. The first-order valence-electron chi connectivity index (χ1n) is 11.4. The van der Waals surface area contributed by atoms with Gasteiger partial charge >= 0.3 is 0 Å². The van der Waals surface area contributed by atoms with E-state index in [1.807, 2.05) is 18.3 Å². The molecule has 10 heteroatoms. The third-order valence-corrected chi connectivity index (χ3v) is 7.18. The lowest BCUT2D eigenvalue weighted by Gasteiger charge is -2.20. The van der Waals surface area contributed by atoms with Gasteiger partial charge in [0.25, 0.3) is 0 Å². The number of fused-ring (bicyclic) bond motifs is 1. The summed E-state index contributed by atoms with van der Waals surface area (Å²) in [7, 11) is 5.97. The lowest BCUT2D eigenvalue weighted by molar-refractivity contribution is 0.264. The van der Waals surface area contributed by atoms with E-state index in [2.05, 4.69) is 50.2 Å². The van der Waals surface area contributed by atoms with Gasteiger partial charge in [0.1, 0.15) is 33.6 Å². The summed E-state index contributed by atoms with van der Waals surface area (Å²) in [5.74, 6) is -0.0000556. The van der Waals surface area contributed by atoms with Crippen molar-refractivity contribution in [3.8, 4) is 0 Å². The van der Waals surface area contributed by atoms with Crippen LogP contribution in [0.1, 0.15) is 12.0 Å². The summed E-state index contributed by atoms with van der Waals surface area (Å²) in [5, 5.41) is 3.93. The van der Waals surface area contributed by atoms with Crippen LogP contribution in [0, 0.1) is 11.6 Å². The van der Waals surface area contributed by atoms with Crippen LogP contribution in [0.15, 0.2) is 48.7 Å². The molecule has 0 spiro atoms. The molecular weight excluding hydrogens is 468 g/mol. The molecule has 1 fully saturated rings. The van der Waals surface area contributed by atoms with E-state index in [-0.39, 0.29) is 5.69 Å². The molecule has 35 heavy (non-hydrogen) atoms. The number of hydrogen-bond acceptors (Lipinski definition) is 8. The molecule has 1 aliphatic heterocycles. The summed E-state index contributed by atoms with van der Waals surface area (Å²) >= 11 is 1.39. The topological polar surface area (TPSA) is 60.4 Å². The van der Waals surface area contributed by atoms with Crippen molar-refractivity contribution in [1.82, 2.24) is 24.8 Å². The van der Waals surface area contributed by atoms with Crippen molar-refractivity contribution < 1.29 is 8.78 Å². The van der Waals surface area contributed by atoms with Crippen LogP contribution in [-0.2, 0) is 6.54 Å². The molecule has 0 amide bonds. The van der Waals surface area contributed by atoms with Crippen LogP contribution in [0.4, 0.5) is 31.2 Å². The Balaban J connectivity index is 1.26. The molecule has 1 aliphatic rings. The Morgan fingerprint density at radius 2 is 1.94 bits per heavy atom. The van der Waals surface area contributed by atoms with Crippen molar-refractivity contribution in [2.45, 2.75) is 19.0 Å². The second-order valence-corrected chi connectivity index (χ2v) is 9.96. The largest absolute Gasteiger partial charge is 0.327 e. The zero-order valence-electron chi connectivity index (χ0n) is 19.9. The minimum Gasteiger partial charge on any atom is -0.327 e. The standard InChI is InChI=1S/C25H27F2N7S/c1-32(2)18-10-11-34(15-18)14-16-4-8-22(28-13-16)30-25-29-20-6-9-23(31-24(20)35-25)33(3)21-7-5-17(26)12-19(21)27/h4-9,12-13,18H,10-11,14-15H2,1-3H3,(H,28,29,30). The number of anilines is 4. The first-order valence-corrected chi connectivity index (χ1v) is 12.2. The number of hydrogen-bond donors (Lipinski definition) is 1. The lowest BCUT2D eigenvalue weighted by atomic mass is 10.2. The van der Waals surface area contributed by atoms with Gasteiger partial charge in [-0.2, -0.15) is 0 Å². The van der Waals surface area contributed by atoms with Gasteiger partial charge in [-0.05, 0) is 56.4 Å². The van der Waals surface area contributed by atoms with E-state index in [1.54, 1.807) is 18.0 Å². The molecule has 1 N–H and O–H groups in total. The molecular formula is C25H27F2N7S. The van der Waals surface area contributed by atoms with Crippen LogP contribution in [0.5, 0.6) is 0 Å². The van der Waals surface area contributed by atoms with Crippen LogP contribution < -0.4 is 10.2 Å². The van der Waals surface area contributed by atoms with Crippen molar-refractivity contribution in [1.29, 1.82) is 0 Å². The summed E-state index contributed by atoms with van der Waals surface area (Å²) in [6.07, 6.45) is 3.10. The third kappa shape index (κ3) is 5.24. The number of nitrogens with zero attached hydrogens (tertiary/aromatic N) is 6. The predicted molar refractivity (Wildman–Crippen MR) is 137 cm³/mol. The summed E-state index contributed by atoms with van der Waals surface area (Å²) in [6, 6.07) is 11.8. The fraction of sp³-hybridized carbons (Fsp3) is 0.320. The highest BCUT2D eigenvalue weighted by molar-refractivity contribution is 7.21. The molecule has 0 radical (unpaired) electrons. The molecule has 0 aliphatic carbocycles. The van der Waals surface area contributed by atoms with Crippen molar-refractivity contribution in [3.63, 3.8) is 0 Å². The van der Waals surface area contributed by atoms with Gasteiger partial charge in [-0.1, -0.05) is 17.4 Å². The highest BCUT2D eigenvalue weighted by Gasteiger charge is 2.23. The highest BCUT2D eigenvalue weighted by atomic mass is 32.1. The van der Waals surface area contributed by atoms with Crippen molar-refractivity contribution in [2.24, 2.45) is 0 Å². The highest BCUT2D eigenvalue weighted by Crippen LogP contribution is 2.31. The van der Waals surface area contributed by atoms with E-state index in [9.17, 15) is 8.78 Å². The van der Waals surface area contributed by atoms with Crippen LogP contribution in [-0.4, -0.2) is 65.0 Å². The Kier molecular flexibility index (Phi) is 6.59. The van der Waals surface area contributed by atoms with Crippen molar-refractivity contribution in [3.05, 3.63) is 65.9 Å². The van der Waals surface area contributed by atoms with Crippen LogP contribution in [0.3, 0.4) is 0 Å². The van der Waals surface area contributed by atoms with Gasteiger partial charge in [-0.15, -0.1) is 0 Å². The summed E-state index contributed by atoms with van der Waals surface area (Å²) in [6.45, 7) is 3.08. The number of benzene rings is 1. The van der Waals surface area contributed by atoms with E-state index in [1.165, 1.54) is 35.5 Å². The Labute approximate surface area is 207 Å². The molecule has 0 bridgehead atoms. The Morgan fingerprint density at radius 3 is 2.66 bits per heavy atom. The first-order chi connectivity index (χ1) is 16.9. The number of aromatic nitrogens is 3. The summed E-state index contributed by atoms with van der Waals surface area (Å²) < 4.78 is 27.5. The Hall–Kier alpha value is -3.21. The molecule has 4 aromatic rings. The monoisotopic (exact) mass is 495 g/mol. The molecule has 182 valence electrons. The van der Waals surface area contributed by atoms with Gasteiger partial charge in [0.05, 0.1) is 5.69 Å². The minimum absolute atomic E-state index is 0.247. The summed E-state index contributed by atoms with van der Waals surface area (Å²) in [4.78, 5) is 20.8. The number of halogens is 2. The first kappa shape index (κ1) is 23.5. The average Bonchev–Trinajstić information content (AvgIpc) is 3.46. The van der Waals surface area contributed by atoms with Gasteiger partial charge < -0.3 is 15.1 Å². The van der Waals surface area contributed by atoms with E-state index in [0.717, 1.165) is 31.2 Å². The van der Waals surface area contributed by atoms with Gasteiger partial charge in [-0.25, -0.2) is 23.7 Å². The predicted octanol–water partition coefficient (Wildman–Crippen LogP) is 5.01. The van der Waals surface area contributed by atoms with E-state index in [0.29, 0.717) is 27.6 Å². The lowest BCUT2D eigenvalue weighted by Crippen LogP contribution is -2.31. The van der Waals surface area contributed by atoms with E-state index >= 15 is 0 Å². The fourth-order valence-electron chi connectivity index (χ4n) is 4.26. The molecule has 1 saturated heterocycles. The molecule has 3 aromatic heterocycles. The Bertz CT molecular complexity index is 1330. The van der Waals surface area contributed by atoms with Crippen molar-refractivity contribution >= 4 is 44.1 Å². The molecule has 4 heterocycles. The molecule has 7 nitrogen and oxygen atoms in total. The number of rotatable bonds is 7. The quantitative estimate of drug-likeness (QED) is 0.387. The molecule has 1 atom stereocenters. The second-order valence-electron chi connectivity index (χ2n) is 8.99. The Morgan fingerprint density at radius 1 is 1.09 bits per heavy atom. The summed E-state index contributed by atoms with van der Waals surface area (Å²) in [5.41, 5.74) is 2.16. The molecule has 5 rings (SSSR count). The number of likely N-dealkylation sites (N-methyl/N-ethyl adjacent to an activating group) is 1. The average molecular weight is 496 g/mol. The zero-order chi connectivity index (χ0) is 24.5. The SMILES string of the molecule is CN(c1ccc2nc(Nc3ccc(CN4CCC(N(C)C)C4)cn3)sc2n1)c1ccc(F)cc1F. The number of nitrogens with one attached hydrogen (secondary N) is 1. The second kappa shape index (κ2) is 9.80. The van der Waals surface area contributed by atoms with Gasteiger partial charge in [0, 0.05) is 45.0 Å².